The van der Waals surface area contributed by atoms with Gasteiger partial charge in [-0.15, -0.1) is 11.3 Å². The summed E-state index contributed by atoms with van der Waals surface area (Å²) >= 11 is 1.71. The van der Waals surface area contributed by atoms with Gasteiger partial charge in [0.15, 0.2) is 9.84 Å². The second kappa shape index (κ2) is 5.91. The summed E-state index contributed by atoms with van der Waals surface area (Å²) < 4.78 is 23.9. The predicted molar refractivity (Wildman–Crippen MR) is 80.1 cm³/mol. The van der Waals surface area contributed by atoms with E-state index in [9.17, 15) is 8.42 Å². The van der Waals surface area contributed by atoms with Gasteiger partial charge in [-0.1, -0.05) is 13.0 Å². The number of nitrogens with two attached hydrogens (primary N) is 1. The molecule has 6 heteroatoms. The molecule has 19 heavy (non-hydrogen) atoms. The highest BCUT2D eigenvalue weighted by molar-refractivity contribution is 7.91. The second-order valence-corrected chi connectivity index (χ2v) is 8.43. The first kappa shape index (κ1) is 15.0. The van der Waals surface area contributed by atoms with Crippen LogP contribution in [-0.2, 0) is 16.4 Å². The quantitative estimate of drug-likeness (QED) is 0.895. The lowest BCUT2D eigenvalue weighted by atomic mass is 9.93. The molecule has 2 rings (SSSR count). The van der Waals surface area contributed by atoms with Crippen LogP contribution in [0.2, 0.25) is 0 Å². The largest absolute Gasteiger partial charge is 0.329 e. The van der Waals surface area contributed by atoms with Crippen LogP contribution in [0.5, 0.6) is 0 Å². The minimum atomic E-state index is -2.95. The number of rotatable bonds is 5. The summed E-state index contributed by atoms with van der Waals surface area (Å²) in [5.74, 6) is 0.515. The van der Waals surface area contributed by atoms with Gasteiger partial charge in [-0.3, -0.25) is 4.90 Å². The van der Waals surface area contributed by atoms with Crippen LogP contribution in [0.15, 0.2) is 17.5 Å². The van der Waals surface area contributed by atoms with E-state index in [0.717, 1.165) is 25.9 Å². The van der Waals surface area contributed by atoms with Gasteiger partial charge in [-0.25, -0.2) is 8.42 Å². The lowest BCUT2D eigenvalue weighted by Crippen LogP contribution is -2.59. The Bertz CT molecular complexity index is 499. The van der Waals surface area contributed by atoms with Crippen molar-refractivity contribution in [2.75, 3.05) is 24.6 Å². The molecule has 1 aliphatic heterocycles. The topological polar surface area (TPSA) is 63.4 Å². The highest BCUT2D eigenvalue weighted by atomic mass is 32.2. The Morgan fingerprint density at radius 1 is 1.53 bits per heavy atom. The zero-order valence-electron chi connectivity index (χ0n) is 11.3. The highest BCUT2D eigenvalue weighted by Gasteiger charge is 2.42. The maximum absolute atomic E-state index is 12.0. The van der Waals surface area contributed by atoms with Crippen LogP contribution >= 0.6 is 11.3 Å². The van der Waals surface area contributed by atoms with Gasteiger partial charge in [0.2, 0.25) is 0 Å². The van der Waals surface area contributed by atoms with E-state index in [1.54, 1.807) is 11.3 Å². The molecule has 0 saturated carbocycles. The highest BCUT2D eigenvalue weighted by Crippen LogP contribution is 2.30. The van der Waals surface area contributed by atoms with Gasteiger partial charge in [0.25, 0.3) is 0 Å². The van der Waals surface area contributed by atoms with Crippen molar-refractivity contribution in [2.24, 2.45) is 5.73 Å². The van der Waals surface area contributed by atoms with Crippen molar-refractivity contribution in [3.63, 3.8) is 0 Å². The van der Waals surface area contributed by atoms with Gasteiger partial charge in [-0.2, -0.15) is 0 Å². The predicted octanol–water partition coefficient (Wildman–Crippen LogP) is 1.48. The second-order valence-electron chi connectivity index (χ2n) is 5.22. The van der Waals surface area contributed by atoms with Crippen molar-refractivity contribution >= 4 is 21.2 Å². The number of hydrogen-bond acceptors (Lipinski definition) is 5. The molecule has 0 spiro atoms. The fraction of sp³-hybridized carbons (Fsp3) is 0.692. The molecule has 1 unspecified atom stereocenters. The van der Waals surface area contributed by atoms with Crippen LogP contribution in [0.1, 0.15) is 24.6 Å². The van der Waals surface area contributed by atoms with Crippen molar-refractivity contribution in [1.29, 1.82) is 0 Å². The van der Waals surface area contributed by atoms with Crippen molar-refractivity contribution in [3.05, 3.63) is 22.4 Å². The molecule has 1 aromatic rings. The third-order valence-corrected chi connectivity index (χ3v) is 6.69. The summed E-state index contributed by atoms with van der Waals surface area (Å²) in [5.41, 5.74) is 5.58. The van der Waals surface area contributed by atoms with E-state index in [2.05, 4.69) is 23.3 Å². The van der Waals surface area contributed by atoms with Gasteiger partial charge < -0.3 is 5.73 Å². The molecule has 1 atom stereocenters. The molecule has 108 valence electrons. The van der Waals surface area contributed by atoms with Crippen molar-refractivity contribution in [1.82, 2.24) is 4.90 Å². The summed E-state index contributed by atoms with van der Waals surface area (Å²) in [6.07, 6.45) is 1.60. The lowest BCUT2D eigenvalue weighted by molar-refractivity contribution is 0.0989. The minimum absolute atomic E-state index is 0.204. The smallest absolute Gasteiger partial charge is 0.152 e. The maximum Gasteiger partial charge on any atom is 0.152 e. The van der Waals surface area contributed by atoms with Crippen molar-refractivity contribution in [2.45, 2.75) is 31.8 Å². The van der Waals surface area contributed by atoms with Crippen LogP contribution in [0.3, 0.4) is 0 Å². The number of likely N-dealkylation sites (N-methyl/N-ethyl adjacent to an activating group) is 1. The normalized spacial score (nSPS) is 26.7. The maximum atomic E-state index is 12.0. The van der Waals surface area contributed by atoms with E-state index >= 15 is 0 Å². The van der Waals surface area contributed by atoms with Crippen molar-refractivity contribution < 1.29 is 8.42 Å². The molecule has 0 amide bonds. The van der Waals surface area contributed by atoms with Crippen LogP contribution in [0, 0.1) is 0 Å². The molecule has 0 aliphatic carbocycles. The zero-order valence-corrected chi connectivity index (χ0v) is 13.0. The summed E-state index contributed by atoms with van der Waals surface area (Å²) in [5, 5.41) is 2.05. The van der Waals surface area contributed by atoms with E-state index in [4.69, 9.17) is 5.73 Å². The third kappa shape index (κ3) is 3.37. The molecule has 0 bridgehead atoms. The number of hydrogen-bond donors (Lipinski definition) is 1. The number of thiophene rings is 1. The van der Waals surface area contributed by atoms with Crippen LogP contribution in [-0.4, -0.2) is 43.5 Å². The molecule has 2 heterocycles. The fourth-order valence-corrected chi connectivity index (χ4v) is 5.63. The van der Waals surface area contributed by atoms with Gasteiger partial charge in [0, 0.05) is 23.5 Å². The Hall–Kier alpha value is -0.430. The van der Waals surface area contributed by atoms with Gasteiger partial charge >= 0.3 is 0 Å². The Balaban J connectivity index is 2.22. The van der Waals surface area contributed by atoms with E-state index in [-0.39, 0.29) is 11.3 Å². The van der Waals surface area contributed by atoms with Crippen LogP contribution in [0.4, 0.5) is 0 Å². The minimum Gasteiger partial charge on any atom is -0.329 e. The average Bonchev–Trinajstić information content (AvgIpc) is 2.87. The number of nitrogens with zero attached hydrogens (tertiary/aromatic N) is 1. The molecular weight excluding hydrogens is 280 g/mol. The Morgan fingerprint density at radius 3 is 2.84 bits per heavy atom. The van der Waals surface area contributed by atoms with E-state index < -0.39 is 9.84 Å². The molecule has 1 aromatic heterocycles. The average molecular weight is 302 g/mol. The first-order chi connectivity index (χ1) is 9.01. The SMILES string of the molecule is CCN(Cc1cccs1)C1(CN)CCCS(=O)(=O)C1. The van der Waals surface area contributed by atoms with E-state index in [1.165, 1.54) is 4.88 Å². The molecule has 1 fully saturated rings. The van der Waals surface area contributed by atoms with E-state index in [0.29, 0.717) is 12.3 Å². The monoisotopic (exact) mass is 302 g/mol. The molecule has 0 aromatic carbocycles. The molecule has 1 aliphatic rings. The first-order valence-electron chi connectivity index (χ1n) is 6.69. The summed E-state index contributed by atoms with van der Waals surface area (Å²) in [6, 6.07) is 4.12. The first-order valence-corrected chi connectivity index (χ1v) is 9.39. The lowest BCUT2D eigenvalue weighted by Gasteiger charge is -2.45. The summed E-state index contributed by atoms with van der Waals surface area (Å²) in [4.78, 5) is 3.51. The molecule has 4 nitrogen and oxygen atoms in total. The number of sulfone groups is 1. The fourth-order valence-electron chi connectivity index (χ4n) is 2.92. The zero-order chi connectivity index (χ0) is 13.9. The molecular formula is C13H22N2O2S2. The van der Waals surface area contributed by atoms with Crippen LogP contribution in [0.25, 0.3) is 0 Å². The van der Waals surface area contributed by atoms with Gasteiger partial charge in [0.1, 0.15) is 0 Å². The summed E-state index contributed by atoms with van der Waals surface area (Å²) in [7, 11) is -2.95. The van der Waals surface area contributed by atoms with Gasteiger partial charge in [0.05, 0.1) is 11.5 Å². The Kier molecular flexibility index (Phi) is 4.66. The Morgan fingerprint density at radius 2 is 2.32 bits per heavy atom. The van der Waals surface area contributed by atoms with Crippen molar-refractivity contribution in [3.8, 4) is 0 Å². The third-order valence-electron chi connectivity index (χ3n) is 3.95. The molecule has 2 N–H and O–H groups in total. The molecule has 0 radical (unpaired) electrons. The standard InChI is InChI=1S/C13H22N2O2S2/c1-2-15(9-12-5-3-7-18-12)13(10-14)6-4-8-19(16,17)11-13/h3,5,7H,2,4,6,8-11,14H2,1H3. The summed E-state index contributed by atoms with van der Waals surface area (Å²) in [6.45, 7) is 4.10. The van der Waals surface area contributed by atoms with E-state index in [1.807, 2.05) is 6.07 Å². The molecule has 1 saturated heterocycles. The Labute approximate surface area is 119 Å². The van der Waals surface area contributed by atoms with Gasteiger partial charge in [-0.05, 0) is 30.8 Å². The van der Waals surface area contributed by atoms with Crippen LogP contribution < -0.4 is 5.73 Å².